The molecule has 1 unspecified atom stereocenters. The molecule has 0 radical (unpaired) electrons. The van der Waals surface area contributed by atoms with Crippen LogP contribution in [0.5, 0.6) is 0 Å². The van der Waals surface area contributed by atoms with Crippen LogP contribution in [0.4, 0.5) is 11.4 Å². The Morgan fingerprint density at radius 2 is 1.55 bits per heavy atom. The highest BCUT2D eigenvalue weighted by molar-refractivity contribution is 7.86. The van der Waals surface area contributed by atoms with Gasteiger partial charge in [0.25, 0.3) is 36.8 Å². The lowest BCUT2D eigenvalue weighted by Crippen LogP contribution is -2.46. The smallest absolute Gasteiger partial charge is 0.295 e. The van der Waals surface area contributed by atoms with Crippen molar-refractivity contribution in [3.63, 3.8) is 0 Å². The molecule has 3 aliphatic rings. The van der Waals surface area contributed by atoms with E-state index in [0.717, 1.165) is 34.5 Å². The molecule has 3 aromatic carbocycles. The minimum absolute atomic E-state index is 0.156. The van der Waals surface area contributed by atoms with Crippen LogP contribution in [0, 0.1) is 0 Å². The van der Waals surface area contributed by atoms with E-state index in [0.29, 0.717) is 53.0 Å². The first kappa shape index (κ1) is 40.5. The molecule has 2 heterocycles. The van der Waals surface area contributed by atoms with Crippen LogP contribution in [-0.2, 0) is 58.3 Å². The predicted molar refractivity (Wildman–Crippen MR) is 210 cm³/mol. The normalized spacial score (nSPS) is 18.8. The largest absolute Gasteiger partial charge is 0.442 e. The maximum absolute atomic E-state index is 12.3. The lowest BCUT2D eigenvalue weighted by molar-refractivity contribution is -0.133. The molecular formula is C38H45N3O11S3. The summed E-state index contributed by atoms with van der Waals surface area (Å²) in [7, 11) is -13.4. The van der Waals surface area contributed by atoms with Crippen LogP contribution in [0.1, 0.15) is 86.4 Å². The van der Waals surface area contributed by atoms with Gasteiger partial charge in [-0.25, -0.2) is 4.99 Å². The number of likely N-dealkylation sites (N-methyl/N-ethyl adjacent to an activating group) is 1. The Kier molecular flexibility index (Phi) is 10.6. The van der Waals surface area contributed by atoms with Gasteiger partial charge in [-0.3, -0.25) is 18.5 Å². The predicted octanol–water partition coefficient (Wildman–Crippen LogP) is 5.03. The molecule has 17 heteroatoms. The molecule has 55 heavy (non-hydrogen) atoms. The summed E-state index contributed by atoms with van der Waals surface area (Å²) in [4.78, 5) is 20.5. The average Bonchev–Trinajstić information content (AvgIpc) is 3.07. The second-order valence-electron chi connectivity index (χ2n) is 15.2. The molecule has 0 saturated carbocycles. The zero-order valence-corrected chi connectivity index (χ0v) is 33.6. The highest BCUT2D eigenvalue weighted by Crippen LogP contribution is 2.49. The molecule has 3 aromatic rings. The Labute approximate surface area is 322 Å². The number of aliphatic imine (C=N–C) groups is 1. The van der Waals surface area contributed by atoms with E-state index in [2.05, 4.69) is 9.80 Å². The number of hydrogen-bond donors (Lipinski definition) is 3. The molecular weight excluding hydrogens is 771 g/mol. The fourth-order valence-corrected chi connectivity index (χ4v) is 10.1. The van der Waals surface area contributed by atoms with Gasteiger partial charge in [0.1, 0.15) is 5.75 Å². The van der Waals surface area contributed by atoms with Gasteiger partial charge in [0.2, 0.25) is 0 Å². The van der Waals surface area contributed by atoms with Crippen molar-refractivity contribution in [1.82, 2.24) is 0 Å². The van der Waals surface area contributed by atoms with Crippen LogP contribution in [0.2, 0.25) is 0 Å². The Bertz CT molecular complexity index is 2460. The molecule has 0 spiro atoms. The number of nitrogens with zero attached hydrogens (tertiary/aromatic N) is 3. The molecule has 14 nitrogen and oxygen atoms in total. The van der Waals surface area contributed by atoms with Gasteiger partial charge in [-0.1, -0.05) is 38.1 Å². The fraction of sp³-hybridized carbons (Fsp3) is 0.421. The molecule has 0 saturated heterocycles. The number of fused-ring (bicyclic) bond motifs is 4. The number of carbonyl (C=O) groups excluding carboxylic acids is 1. The third-order valence-electron chi connectivity index (χ3n) is 10.7. The number of aryl methyl sites for hydroxylation is 1. The van der Waals surface area contributed by atoms with Gasteiger partial charge in [0.05, 0.1) is 21.9 Å². The highest BCUT2D eigenvalue weighted by Gasteiger charge is 2.41. The summed E-state index contributed by atoms with van der Waals surface area (Å²) in [5, 5.41) is 0. The van der Waals surface area contributed by atoms with Gasteiger partial charge in [-0.05, 0) is 91.8 Å². The molecule has 2 aliphatic heterocycles. The van der Waals surface area contributed by atoms with E-state index in [1.165, 1.54) is 6.07 Å². The average molecular weight is 816 g/mol. The van der Waals surface area contributed by atoms with E-state index in [9.17, 15) is 43.7 Å². The Morgan fingerprint density at radius 3 is 2.16 bits per heavy atom. The van der Waals surface area contributed by atoms with Crippen LogP contribution >= 0.6 is 0 Å². The standard InChI is InChI=1S/C38H45N3O11S3/c1-6-41-33-19-31-29(17-27(33)26(20-37(41,2)3)22-54(46,47)48)36(39-35(52-23-42)13-15-53(43,44)45)28-16-24-11-9-14-40(32(24)18-30(28)38(31,4)5)21-25-10-7-8-12-34(25)55(49,50)51/h7-8,10,12,16-20,23,35H,6,9,11,13-15,21-22H2,1-5H3,(H,43,44,45)(H,46,47,48)(H,49,50,51). The summed E-state index contributed by atoms with van der Waals surface area (Å²) >= 11 is 0. The summed E-state index contributed by atoms with van der Waals surface area (Å²) in [6.07, 6.45) is 1.51. The van der Waals surface area contributed by atoms with E-state index < -0.39 is 59.0 Å². The maximum atomic E-state index is 12.3. The fourth-order valence-electron chi connectivity index (χ4n) is 8.30. The van der Waals surface area contributed by atoms with Crippen molar-refractivity contribution in [2.45, 2.75) is 82.5 Å². The molecule has 296 valence electrons. The lowest BCUT2D eigenvalue weighted by Gasteiger charge is -2.45. The second-order valence-corrected chi connectivity index (χ2v) is 19.6. The molecule has 0 aromatic heterocycles. The quantitative estimate of drug-likeness (QED) is 0.162. The van der Waals surface area contributed by atoms with Crippen molar-refractivity contribution >= 4 is 59.5 Å². The highest BCUT2D eigenvalue weighted by atomic mass is 32.2. The molecule has 1 aliphatic carbocycles. The van der Waals surface area contributed by atoms with Gasteiger partial charge in [-0.2, -0.15) is 25.3 Å². The summed E-state index contributed by atoms with van der Waals surface area (Å²) in [5.74, 6) is -1.37. The summed E-state index contributed by atoms with van der Waals surface area (Å²) in [6.45, 7) is 11.5. The number of carbonyl (C=O) groups is 1. The summed E-state index contributed by atoms with van der Waals surface area (Å²) in [6, 6.07) is 14.1. The van der Waals surface area contributed by atoms with Gasteiger partial charge in [-0.15, -0.1) is 0 Å². The van der Waals surface area contributed by atoms with E-state index in [1.807, 2.05) is 65.0 Å². The van der Waals surface area contributed by atoms with Crippen LogP contribution in [0.25, 0.3) is 5.57 Å². The molecule has 0 amide bonds. The van der Waals surface area contributed by atoms with Crippen molar-refractivity contribution in [3.8, 4) is 0 Å². The number of ether oxygens (including phenoxy) is 1. The first-order valence-corrected chi connectivity index (χ1v) is 22.4. The van der Waals surface area contributed by atoms with Gasteiger partial charge in [0.15, 0.2) is 6.23 Å². The van der Waals surface area contributed by atoms with E-state index in [-0.39, 0.29) is 24.3 Å². The van der Waals surface area contributed by atoms with Crippen LogP contribution < -0.4 is 9.80 Å². The Balaban J connectivity index is 1.61. The third kappa shape index (κ3) is 8.23. The first-order valence-electron chi connectivity index (χ1n) is 17.8. The lowest BCUT2D eigenvalue weighted by atomic mass is 9.66. The number of hydrogen-bond acceptors (Lipinski definition) is 11. The van der Waals surface area contributed by atoms with E-state index in [4.69, 9.17) is 9.73 Å². The topological polar surface area (TPSA) is 208 Å². The van der Waals surface area contributed by atoms with Crippen molar-refractivity contribution in [2.75, 3.05) is 34.4 Å². The monoisotopic (exact) mass is 815 g/mol. The summed E-state index contributed by atoms with van der Waals surface area (Å²) < 4.78 is 108. The zero-order chi connectivity index (χ0) is 40.3. The van der Waals surface area contributed by atoms with E-state index >= 15 is 0 Å². The third-order valence-corrected chi connectivity index (χ3v) is 13.0. The Hall–Kier alpha value is -4.13. The van der Waals surface area contributed by atoms with Crippen LogP contribution in [-0.4, -0.2) is 87.5 Å². The van der Waals surface area contributed by atoms with Crippen molar-refractivity contribution in [2.24, 2.45) is 4.99 Å². The second kappa shape index (κ2) is 14.4. The summed E-state index contributed by atoms with van der Waals surface area (Å²) in [5.41, 5.74) is 5.68. The Morgan fingerprint density at radius 1 is 0.891 bits per heavy atom. The first-order chi connectivity index (χ1) is 25.5. The zero-order valence-electron chi connectivity index (χ0n) is 31.2. The number of rotatable bonds is 12. The van der Waals surface area contributed by atoms with Crippen LogP contribution in [0.15, 0.2) is 64.5 Å². The maximum Gasteiger partial charge on any atom is 0.295 e. The van der Waals surface area contributed by atoms with Crippen molar-refractivity contribution < 1.29 is 48.4 Å². The van der Waals surface area contributed by atoms with Crippen molar-refractivity contribution in [3.05, 3.63) is 93.6 Å². The van der Waals surface area contributed by atoms with Crippen LogP contribution in [0.3, 0.4) is 0 Å². The van der Waals surface area contributed by atoms with E-state index in [1.54, 1.807) is 18.2 Å². The van der Waals surface area contributed by atoms with Gasteiger partial charge < -0.3 is 14.5 Å². The van der Waals surface area contributed by atoms with Gasteiger partial charge in [0, 0.05) is 59.5 Å². The molecule has 1 atom stereocenters. The number of anilines is 2. The SMILES string of the molecule is CCN1c2cc3c(cc2C(CS(=O)(=O)O)=CC1(C)C)C(=NC(CCS(=O)(=O)O)OC=O)c1cc2c(cc1C3(C)C)N(Cc1ccccc1S(=O)(=O)O)CCC2. The molecule has 0 fully saturated rings. The molecule has 0 bridgehead atoms. The number of benzene rings is 3. The molecule has 6 rings (SSSR count). The minimum Gasteiger partial charge on any atom is -0.442 e. The minimum atomic E-state index is -4.49. The van der Waals surface area contributed by atoms with Gasteiger partial charge >= 0.3 is 0 Å². The van der Waals surface area contributed by atoms with Crippen molar-refractivity contribution in [1.29, 1.82) is 0 Å². The molecule has 3 N–H and O–H groups in total.